The normalized spacial score (nSPS) is 21.0. The van der Waals surface area contributed by atoms with Crippen LogP contribution in [0.3, 0.4) is 0 Å². The van der Waals surface area contributed by atoms with E-state index in [9.17, 15) is 14.1 Å². The van der Waals surface area contributed by atoms with Gasteiger partial charge in [-0.25, -0.2) is 13.5 Å². The maximum Gasteiger partial charge on any atom is 0.267 e. The lowest BCUT2D eigenvalue weighted by Gasteiger charge is -2.37. The summed E-state index contributed by atoms with van der Waals surface area (Å²) in [6.45, 7) is 9.09. The first-order chi connectivity index (χ1) is 21.5. The van der Waals surface area contributed by atoms with E-state index >= 15 is 0 Å². The number of aliphatic hydroxyl groups is 1. The highest BCUT2D eigenvalue weighted by Gasteiger charge is 2.50. The lowest BCUT2D eigenvalue weighted by molar-refractivity contribution is 0.0995. The first kappa shape index (κ1) is 33.0. The Hall–Kier alpha value is -3.39. The molecule has 2 aromatic carbocycles. The van der Waals surface area contributed by atoms with Gasteiger partial charge in [-0.15, -0.1) is 0 Å². The zero-order chi connectivity index (χ0) is 32.3. The molecule has 3 aromatic rings. The number of hydrogen-bond donors (Lipinski definition) is 2. The number of rotatable bonds is 9. The minimum atomic E-state index is -1.41. The lowest BCUT2D eigenvalue weighted by Crippen LogP contribution is -2.41. The number of benzene rings is 2. The molecule has 0 spiro atoms. The van der Waals surface area contributed by atoms with Gasteiger partial charge in [0.1, 0.15) is 16.7 Å². The predicted octanol–water partition coefficient (Wildman–Crippen LogP) is 4.53. The van der Waals surface area contributed by atoms with Crippen LogP contribution in [0.25, 0.3) is 11.3 Å². The van der Waals surface area contributed by atoms with E-state index in [2.05, 4.69) is 45.3 Å². The van der Waals surface area contributed by atoms with Crippen molar-refractivity contribution in [2.45, 2.75) is 57.0 Å². The number of carbonyl (C=O) groups is 1. The van der Waals surface area contributed by atoms with Crippen LogP contribution in [-0.4, -0.2) is 79.4 Å². The average molecular weight is 628 g/mol. The van der Waals surface area contributed by atoms with E-state index in [1.807, 2.05) is 76.2 Å². The van der Waals surface area contributed by atoms with E-state index in [4.69, 9.17) is 10.7 Å². The number of aromatic nitrogens is 1. The lowest BCUT2D eigenvalue weighted by atomic mass is 9.89. The molecule has 3 heterocycles. The van der Waals surface area contributed by atoms with Crippen LogP contribution < -0.4 is 5.73 Å². The number of hydrogen-bond acceptors (Lipinski definition) is 6. The van der Waals surface area contributed by atoms with Crippen molar-refractivity contribution in [2.75, 3.05) is 40.3 Å². The highest BCUT2D eigenvalue weighted by atomic mass is 32.2. The fourth-order valence-electron chi connectivity index (χ4n) is 6.51. The van der Waals surface area contributed by atoms with Crippen molar-refractivity contribution in [3.8, 4) is 23.1 Å². The Morgan fingerprint density at radius 2 is 1.89 bits per heavy atom. The van der Waals surface area contributed by atoms with Gasteiger partial charge >= 0.3 is 0 Å². The fraction of sp³-hybridized carbons (Fsp3) is 0.444. The third-order valence-corrected chi connectivity index (χ3v) is 10.4. The first-order valence-corrected chi connectivity index (χ1v) is 16.7. The van der Waals surface area contributed by atoms with Gasteiger partial charge in [-0.2, -0.15) is 0 Å². The van der Waals surface area contributed by atoms with Crippen LogP contribution in [0, 0.1) is 17.8 Å². The van der Waals surface area contributed by atoms with E-state index in [1.54, 1.807) is 0 Å². The summed E-state index contributed by atoms with van der Waals surface area (Å²) in [5.41, 5.74) is 11.5. The van der Waals surface area contributed by atoms with Crippen molar-refractivity contribution >= 4 is 16.9 Å². The van der Waals surface area contributed by atoms with Gasteiger partial charge in [-0.05, 0) is 89.5 Å². The molecule has 3 N–H and O–H groups in total. The maximum absolute atomic E-state index is 14.5. The van der Waals surface area contributed by atoms with Crippen LogP contribution in [0.15, 0.2) is 60.7 Å². The van der Waals surface area contributed by atoms with Gasteiger partial charge in [-0.3, -0.25) is 14.6 Å². The molecule has 8 nitrogen and oxygen atoms in total. The van der Waals surface area contributed by atoms with E-state index in [-0.39, 0.29) is 30.3 Å². The summed E-state index contributed by atoms with van der Waals surface area (Å²) in [5.74, 6) is 5.98. The second-order valence-corrected chi connectivity index (χ2v) is 15.5. The Morgan fingerprint density at radius 3 is 2.56 bits per heavy atom. The van der Waals surface area contributed by atoms with Crippen LogP contribution in [0.1, 0.15) is 78.4 Å². The molecule has 2 aliphatic rings. The topological polar surface area (TPSA) is 103 Å². The van der Waals surface area contributed by atoms with Gasteiger partial charge in [0.25, 0.3) is 5.91 Å². The molecule has 238 valence electrons. The standard InChI is InChI=1S/C36H45N5O3S/c1-36(2,3)45(44)41-31(17-20-42)32-29(34(41)28-16-19-40(24-28)23-26-11-7-6-8-12-26)22-30(35(37)43)38-33(32)27-15-9-13-25(21-27)14-10-18-39(4)5/h6-9,11-13,15,21-22,28,31,34,42H,16-20,23-24H2,1-5H3,(H2,37,43)/t28-,31?,34?,45-/m1/s1. The number of amides is 1. The number of pyridine rings is 1. The monoisotopic (exact) mass is 627 g/mol. The number of fused-ring (bicyclic) bond motifs is 1. The molecule has 1 fully saturated rings. The molecule has 1 aromatic heterocycles. The van der Waals surface area contributed by atoms with Crippen molar-refractivity contribution < 1.29 is 14.1 Å². The summed E-state index contributed by atoms with van der Waals surface area (Å²) in [5, 5.41) is 10.4. The van der Waals surface area contributed by atoms with Crippen molar-refractivity contribution in [1.82, 2.24) is 19.1 Å². The smallest absolute Gasteiger partial charge is 0.267 e. The molecule has 2 unspecified atom stereocenters. The van der Waals surface area contributed by atoms with Crippen LogP contribution in [0.2, 0.25) is 0 Å². The van der Waals surface area contributed by atoms with Gasteiger partial charge in [0.15, 0.2) is 0 Å². The maximum atomic E-state index is 14.5. The second-order valence-electron chi connectivity index (χ2n) is 13.3. The van der Waals surface area contributed by atoms with Gasteiger partial charge < -0.3 is 10.8 Å². The Morgan fingerprint density at radius 1 is 1.13 bits per heavy atom. The Kier molecular flexibility index (Phi) is 10.2. The molecule has 9 heteroatoms. The molecule has 0 radical (unpaired) electrons. The number of nitrogens with zero attached hydrogens (tertiary/aromatic N) is 4. The molecule has 5 rings (SSSR count). The summed E-state index contributed by atoms with van der Waals surface area (Å²) >= 11 is 0. The molecule has 1 saturated heterocycles. The highest BCUT2D eigenvalue weighted by Crippen LogP contribution is 2.53. The predicted molar refractivity (Wildman–Crippen MR) is 180 cm³/mol. The van der Waals surface area contributed by atoms with E-state index < -0.39 is 21.6 Å². The van der Waals surface area contributed by atoms with Crippen molar-refractivity contribution in [1.29, 1.82) is 0 Å². The van der Waals surface area contributed by atoms with Crippen LogP contribution in [0.4, 0.5) is 0 Å². The van der Waals surface area contributed by atoms with Crippen molar-refractivity contribution in [2.24, 2.45) is 11.7 Å². The molecule has 45 heavy (non-hydrogen) atoms. The molecular formula is C36H45N5O3S. The number of primary amides is 1. The largest absolute Gasteiger partial charge is 0.396 e. The van der Waals surface area contributed by atoms with E-state index in [0.29, 0.717) is 18.7 Å². The molecule has 4 atom stereocenters. The third-order valence-electron chi connectivity index (χ3n) is 8.46. The van der Waals surface area contributed by atoms with E-state index in [1.165, 1.54) is 5.56 Å². The van der Waals surface area contributed by atoms with Gasteiger partial charge in [0, 0.05) is 36.4 Å². The fourth-order valence-corrected chi connectivity index (χ4v) is 8.08. The van der Waals surface area contributed by atoms with Crippen LogP contribution in [-0.2, 0) is 17.5 Å². The van der Waals surface area contributed by atoms with Gasteiger partial charge in [0.05, 0.1) is 29.1 Å². The number of carbonyl (C=O) groups excluding carboxylic acids is 1. The highest BCUT2D eigenvalue weighted by molar-refractivity contribution is 7.84. The summed E-state index contributed by atoms with van der Waals surface area (Å²) in [6.07, 6.45) is 1.31. The Bertz CT molecular complexity index is 1610. The number of likely N-dealkylation sites (tertiary alicyclic amines) is 1. The van der Waals surface area contributed by atoms with Crippen molar-refractivity contribution in [3.63, 3.8) is 0 Å². The zero-order valence-corrected chi connectivity index (χ0v) is 27.8. The van der Waals surface area contributed by atoms with Crippen LogP contribution in [0.5, 0.6) is 0 Å². The quantitative estimate of drug-likeness (QED) is 0.338. The molecule has 2 aliphatic heterocycles. The summed E-state index contributed by atoms with van der Waals surface area (Å²) in [4.78, 5) is 22.0. The third kappa shape index (κ3) is 7.37. The minimum Gasteiger partial charge on any atom is -0.396 e. The van der Waals surface area contributed by atoms with Crippen LogP contribution >= 0.6 is 0 Å². The molecule has 0 aliphatic carbocycles. The molecule has 0 saturated carbocycles. The average Bonchev–Trinajstić information content (AvgIpc) is 3.58. The minimum absolute atomic E-state index is 0.0769. The van der Waals surface area contributed by atoms with Gasteiger partial charge in [-0.1, -0.05) is 54.3 Å². The van der Waals surface area contributed by atoms with Gasteiger partial charge in [0.2, 0.25) is 0 Å². The molecule has 1 amide bonds. The van der Waals surface area contributed by atoms with E-state index in [0.717, 1.165) is 48.3 Å². The first-order valence-electron chi connectivity index (χ1n) is 15.6. The summed E-state index contributed by atoms with van der Waals surface area (Å²) < 4.78 is 16.0. The SMILES string of the molecule is CN(C)CC#Cc1cccc(-c2nc(C(N)=O)cc3c2C(CCO)N([S@](=O)C(C)(C)C)C3[C@@H]2CCN(Cc3ccccc3)C2)c1. The second kappa shape index (κ2) is 13.9. The Balaban J connectivity index is 1.65. The molecule has 0 bridgehead atoms. The number of nitrogens with two attached hydrogens (primary N) is 1. The Labute approximate surface area is 270 Å². The molecular weight excluding hydrogens is 582 g/mol. The number of aliphatic hydroxyl groups excluding tert-OH is 1. The zero-order valence-electron chi connectivity index (χ0n) is 27.0. The van der Waals surface area contributed by atoms with Crippen molar-refractivity contribution in [3.05, 3.63) is 88.6 Å². The summed E-state index contributed by atoms with van der Waals surface area (Å²) in [7, 11) is 2.54. The summed E-state index contributed by atoms with van der Waals surface area (Å²) in [6, 6.07) is 19.5.